The first-order chi connectivity index (χ1) is 6.39. The van der Waals surface area contributed by atoms with Crippen LogP contribution in [0.5, 0.6) is 0 Å². The second-order valence-corrected chi connectivity index (χ2v) is 5.15. The van der Waals surface area contributed by atoms with Gasteiger partial charge in [0.15, 0.2) is 0 Å². The van der Waals surface area contributed by atoms with E-state index in [4.69, 9.17) is 0 Å². The first-order valence-electron chi connectivity index (χ1n) is 4.44. The Labute approximate surface area is 87.9 Å². The number of aromatic amines is 1. The summed E-state index contributed by atoms with van der Waals surface area (Å²) >= 11 is 1.36. The number of carbonyl (C=O) groups excluding carboxylic acids is 1. The highest BCUT2D eigenvalue weighted by Crippen LogP contribution is 2.20. The van der Waals surface area contributed by atoms with E-state index in [9.17, 15) is 4.79 Å². The van der Waals surface area contributed by atoms with Crippen LogP contribution in [0.2, 0.25) is 0 Å². The smallest absolute Gasteiger partial charge is 0.208 e. The normalized spacial score (nSPS) is 11.7. The molecule has 5 heteroatoms. The first kappa shape index (κ1) is 11.2. The maximum absolute atomic E-state index is 10.7. The molecule has 0 bridgehead atoms. The van der Waals surface area contributed by atoms with Crippen molar-refractivity contribution in [1.82, 2.24) is 15.2 Å². The Morgan fingerprint density at radius 2 is 2.14 bits per heavy atom. The molecule has 1 heterocycles. The average molecular weight is 213 g/mol. The molecule has 0 radical (unpaired) electrons. The molecule has 0 saturated heterocycles. The van der Waals surface area contributed by atoms with Gasteiger partial charge >= 0.3 is 0 Å². The number of ketones is 1. The summed E-state index contributed by atoms with van der Waals surface area (Å²) in [6, 6.07) is 0. The fourth-order valence-electron chi connectivity index (χ4n) is 0.813. The van der Waals surface area contributed by atoms with Crippen LogP contribution in [0.4, 0.5) is 0 Å². The van der Waals surface area contributed by atoms with Gasteiger partial charge in [-0.3, -0.25) is 9.89 Å². The Morgan fingerprint density at radius 3 is 2.57 bits per heavy atom. The Balaban J connectivity index is 2.64. The van der Waals surface area contributed by atoms with Crippen molar-refractivity contribution in [2.24, 2.45) is 0 Å². The van der Waals surface area contributed by atoms with Crippen molar-refractivity contribution in [1.29, 1.82) is 0 Å². The average Bonchev–Trinajstić information content (AvgIpc) is 2.47. The minimum atomic E-state index is -0.0258. The largest absolute Gasteiger partial charge is 0.299 e. The Morgan fingerprint density at radius 1 is 1.50 bits per heavy atom. The van der Waals surface area contributed by atoms with Crippen LogP contribution in [0.15, 0.2) is 5.16 Å². The SMILES string of the molecule is CC(=O)CSc1n[nH]c(C(C)(C)C)n1. The molecule has 0 fully saturated rings. The van der Waals surface area contributed by atoms with Crippen LogP contribution in [-0.2, 0) is 10.2 Å². The molecule has 1 aromatic heterocycles. The molecule has 78 valence electrons. The number of nitrogens with one attached hydrogen (secondary N) is 1. The predicted molar refractivity (Wildman–Crippen MR) is 56.5 cm³/mol. The molecule has 1 N–H and O–H groups in total. The molecule has 0 aliphatic rings. The monoisotopic (exact) mass is 213 g/mol. The molecule has 0 unspecified atom stereocenters. The number of rotatable bonds is 3. The third-order valence-electron chi connectivity index (χ3n) is 1.58. The Kier molecular flexibility index (Phi) is 3.31. The highest BCUT2D eigenvalue weighted by atomic mass is 32.2. The molecule has 0 aliphatic carbocycles. The molecular formula is C9H15N3OS. The zero-order chi connectivity index (χ0) is 10.8. The molecule has 0 amide bonds. The molecule has 1 aromatic rings. The number of carbonyl (C=O) groups is 1. The number of nitrogens with zero attached hydrogens (tertiary/aromatic N) is 2. The van der Waals surface area contributed by atoms with E-state index in [1.54, 1.807) is 6.92 Å². The van der Waals surface area contributed by atoms with Gasteiger partial charge in [-0.1, -0.05) is 32.5 Å². The fraction of sp³-hybridized carbons (Fsp3) is 0.667. The molecule has 1 rings (SSSR count). The van der Waals surface area contributed by atoms with Crippen molar-refractivity contribution >= 4 is 17.5 Å². The lowest BCUT2D eigenvalue weighted by Gasteiger charge is -2.12. The fourth-order valence-corrected chi connectivity index (χ4v) is 1.41. The van der Waals surface area contributed by atoms with E-state index >= 15 is 0 Å². The topological polar surface area (TPSA) is 58.6 Å². The summed E-state index contributed by atoms with van der Waals surface area (Å²) < 4.78 is 0. The van der Waals surface area contributed by atoms with E-state index in [1.165, 1.54) is 11.8 Å². The van der Waals surface area contributed by atoms with E-state index in [0.717, 1.165) is 5.82 Å². The van der Waals surface area contributed by atoms with Gasteiger partial charge in [-0.05, 0) is 6.92 Å². The van der Waals surface area contributed by atoms with Gasteiger partial charge in [0, 0.05) is 5.41 Å². The predicted octanol–water partition coefficient (Wildman–Crippen LogP) is 1.78. The van der Waals surface area contributed by atoms with Gasteiger partial charge in [0.25, 0.3) is 0 Å². The van der Waals surface area contributed by atoms with Gasteiger partial charge < -0.3 is 0 Å². The number of aromatic nitrogens is 3. The zero-order valence-electron chi connectivity index (χ0n) is 8.92. The van der Waals surface area contributed by atoms with E-state index < -0.39 is 0 Å². The minimum Gasteiger partial charge on any atom is -0.299 e. The lowest BCUT2D eigenvalue weighted by Crippen LogP contribution is -2.13. The lowest BCUT2D eigenvalue weighted by atomic mass is 9.96. The Hall–Kier alpha value is -0.840. The number of H-pyrrole nitrogens is 1. The van der Waals surface area contributed by atoms with Crippen LogP contribution in [0.25, 0.3) is 0 Å². The number of thioether (sulfide) groups is 1. The molecule has 0 spiro atoms. The molecule has 0 atom stereocenters. The maximum atomic E-state index is 10.7. The van der Waals surface area contributed by atoms with Crippen LogP contribution in [0, 0.1) is 0 Å². The zero-order valence-corrected chi connectivity index (χ0v) is 9.73. The Bertz CT molecular complexity index is 327. The highest BCUT2D eigenvalue weighted by Gasteiger charge is 2.18. The summed E-state index contributed by atoms with van der Waals surface area (Å²) in [5.74, 6) is 1.42. The molecular weight excluding hydrogens is 198 g/mol. The van der Waals surface area contributed by atoms with Crippen LogP contribution >= 0.6 is 11.8 Å². The molecule has 0 aromatic carbocycles. The molecule has 0 saturated carbocycles. The van der Waals surface area contributed by atoms with Gasteiger partial charge in [-0.25, -0.2) is 4.98 Å². The summed E-state index contributed by atoms with van der Waals surface area (Å²) in [7, 11) is 0. The van der Waals surface area contributed by atoms with Crippen LogP contribution in [0.3, 0.4) is 0 Å². The van der Waals surface area contributed by atoms with Crippen LogP contribution < -0.4 is 0 Å². The highest BCUT2D eigenvalue weighted by molar-refractivity contribution is 7.99. The lowest BCUT2D eigenvalue weighted by molar-refractivity contribution is -0.114. The van der Waals surface area contributed by atoms with Gasteiger partial charge in [-0.15, -0.1) is 5.10 Å². The minimum absolute atomic E-state index is 0.0258. The molecule has 0 aliphatic heterocycles. The summed E-state index contributed by atoms with van der Waals surface area (Å²) in [6.45, 7) is 7.75. The van der Waals surface area contributed by atoms with E-state index in [-0.39, 0.29) is 11.2 Å². The van der Waals surface area contributed by atoms with Crippen molar-refractivity contribution < 1.29 is 4.79 Å². The summed E-state index contributed by atoms with van der Waals surface area (Å²) in [5.41, 5.74) is -0.0258. The molecule has 14 heavy (non-hydrogen) atoms. The van der Waals surface area contributed by atoms with Gasteiger partial charge in [-0.2, -0.15) is 0 Å². The van der Waals surface area contributed by atoms with Crippen LogP contribution in [-0.4, -0.2) is 26.7 Å². The van der Waals surface area contributed by atoms with E-state index in [1.807, 2.05) is 0 Å². The second-order valence-electron chi connectivity index (χ2n) is 4.21. The van der Waals surface area contributed by atoms with Gasteiger partial charge in [0.2, 0.25) is 5.16 Å². The standard InChI is InChI=1S/C9H15N3OS/c1-6(13)5-14-8-10-7(11-12-8)9(2,3)4/h5H2,1-4H3,(H,10,11,12). The van der Waals surface area contributed by atoms with Crippen molar-refractivity contribution in [3.8, 4) is 0 Å². The number of hydrogen-bond donors (Lipinski definition) is 1. The van der Waals surface area contributed by atoms with Crippen LogP contribution in [0.1, 0.15) is 33.5 Å². The van der Waals surface area contributed by atoms with E-state index in [0.29, 0.717) is 10.9 Å². The van der Waals surface area contributed by atoms with Crippen molar-refractivity contribution in [2.75, 3.05) is 5.75 Å². The van der Waals surface area contributed by atoms with Gasteiger partial charge in [0.1, 0.15) is 11.6 Å². The first-order valence-corrected chi connectivity index (χ1v) is 5.43. The van der Waals surface area contributed by atoms with Crippen molar-refractivity contribution in [3.63, 3.8) is 0 Å². The maximum Gasteiger partial charge on any atom is 0.208 e. The summed E-state index contributed by atoms with van der Waals surface area (Å²) in [5, 5.41) is 7.55. The number of Topliss-reactive ketones (excluding diaryl/α,β-unsaturated/α-hetero) is 1. The third-order valence-corrected chi connectivity index (χ3v) is 2.57. The van der Waals surface area contributed by atoms with E-state index in [2.05, 4.69) is 36.0 Å². The number of hydrogen-bond acceptors (Lipinski definition) is 4. The van der Waals surface area contributed by atoms with Crippen molar-refractivity contribution in [2.45, 2.75) is 38.3 Å². The quantitative estimate of drug-likeness (QED) is 0.778. The third kappa shape index (κ3) is 3.14. The molecule has 4 nitrogen and oxygen atoms in total. The second kappa shape index (κ2) is 4.13. The summed E-state index contributed by atoms with van der Waals surface area (Å²) in [6.07, 6.45) is 0. The summed E-state index contributed by atoms with van der Waals surface area (Å²) in [4.78, 5) is 15.0. The van der Waals surface area contributed by atoms with Crippen molar-refractivity contribution in [3.05, 3.63) is 5.82 Å². The van der Waals surface area contributed by atoms with Gasteiger partial charge in [0.05, 0.1) is 5.75 Å².